The second-order valence-corrected chi connectivity index (χ2v) is 2.31. The number of nitro groups is 1. The molecule has 1 aromatic heterocycles. The summed E-state index contributed by atoms with van der Waals surface area (Å²) < 4.78 is 1.20. The largest absolute Gasteiger partial charge is 0.479 e. The summed E-state index contributed by atoms with van der Waals surface area (Å²) >= 11 is 0. The molecule has 1 aromatic rings. The second kappa shape index (κ2) is 3.74. The van der Waals surface area contributed by atoms with E-state index in [4.69, 9.17) is 0 Å². The van der Waals surface area contributed by atoms with Crippen LogP contribution in [0.1, 0.15) is 19.8 Å². The molecule has 66 valence electrons. The van der Waals surface area contributed by atoms with Gasteiger partial charge in [0.2, 0.25) is 0 Å². The van der Waals surface area contributed by atoms with Gasteiger partial charge in [-0.2, -0.15) is 0 Å². The van der Waals surface area contributed by atoms with Crippen LogP contribution in [-0.4, -0.2) is 25.1 Å². The molecule has 0 bridgehead atoms. The highest BCUT2D eigenvalue weighted by molar-refractivity contribution is 4.96. The molecular formula is C5H9N5O2. The van der Waals surface area contributed by atoms with Crippen molar-refractivity contribution in [3.05, 3.63) is 10.1 Å². The summed E-state index contributed by atoms with van der Waals surface area (Å²) in [4.78, 5) is 9.70. The van der Waals surface area contributed by atoms with Gasteiger partial charge in [0.25, 0.3) is 0 Å². The van der Waals surface area contributed by atoms with Crippen LogP contribution in [0.4, 0.5) is 5.95 Å². The van der Waals surface area contributed by atoms with Gasteiger partial charge in [-0.15, -0.1) is 4.68 Å². The van der Waals surface area contributed by atoms with Crippen LogP contribution in [0.25, 0.3) is 0 Å². The lowest BCUT2D eigenvalue weighted by molar-refractivity contribution is -0.397. The highest BCUT2D eigenvalue weighted by atomic mass is 16.6. The molecule has 7 heteroatoms. The van der Waals surface area contributed by atoms with Crippen molar-refractivity contribution in [2.24, 2.45) is 0 Å². The van der Waals surface area contributed by atoms with Gasteiger partial charge in [0, 0.05) is 5.21 Å². The van der Waals surface area contributed by atoms with Crippen LogP contribution in [0.2, 0.25) is 0 Å². The average molecular weight is 171 g/mol. The van der Waals surface area contributed by atoms with E-state index in [1.54, 1.807) is 0 Å². The molecule has 1 rings (SSSR count). The molecule has 0 N–H and O–H groups in total. The standard InChI is InChI=1S/C5H9N5O2/c1-2-3-4-9-5(10(11)12)6-7-8-9/h2-4H2,1H3. The summed E-state index contributed by atoms with van der Waals surface area (Å²) in [7, 11) is 0. The first kappa shape index (κ1) is 8.57. The van der Waals surface area contributed by atoms with Crippen LogP contribution < -0.4 is 0 Å². The van der Waals surface area contributed by atoms with Gasteiger partial charge in [-0.05, 0) is 11.3 Å². The molecule has 0 aliphatic heterocycles. The van der Waals surface area contributed by atoms with Gasteiger partial charge in [-0.3, -0.25) is 0 Å². The van der Waals surface area contributed by atoms with Gasteiger partial charge in [0.1, 0.15) is 0 Å². The van der Waals surface area contributed by atoms with Crippen LogP contribution in [-0.2, 0) is 6.54 Å². The third kappa shape index (κ3) is 1.74. The Morgan fingerprint density at radius 1 is 1.67 bits per heavy atom. The molecule has 0 saturated heterocycles. The van der Waals surface area contributed by atoms with Crippen molar-refractivity contribution in [1.82, 2.24) is 20.2 Å². The molecule has 0 atom stereocenters. The predicted molar refractivity (Wildman–Crippen MR) is 39.4 cm³/mol. The molecule has 12 heavy (non-hydrogen) atoms. The van der Waals surface area contributed by atoms with Crippen molar-refractivity contribution in [2.45, 2.75) is 26.3 Å². The zero-order valence-electron chi connectivity index (χ0n) is 6.67. The first-order valence-electron chi connectivity index (χ1n) is 3.66. The number of aromatic nitrogens is 4. The van der Waals surface area contributed by atoms with Gasteiger partial charge >= 0.3 is 5.95 Å². The third-order valence-electron chi connectivity index (χ3n) is 1.40. The minimum atomic E-state index is -0.588. The maximum Gasteiger partial charge on any atom is 0.479 e. The zero-order chi connectivity index (χ0) is 8.97. The number of tetrazole rings is 1. The Labute approximate surface area is 68.5 Å². The first-order valence-corrected chi connectivity index (χ1v) is 3.66. The van der Waals surface area contributed by atoms with E-state index in [9.17, 15) is 10.1 Å². The maximum absolute atomic E-state index is 10.3. The molecule has 1 heterocycles. The van der Waals surface area contributed by atoms with Gasteiger partial charge < -0.3 is 10.1 Å². The van der Waals surface area contributed by atoms with Crippen LogP contribution in [0.15, 0.2) is 0 Å². The van der Waals surface area contributed by atoms with E-state index >= 15 is 0 Å². The van der Waals surface area contributed by atoms with Gasteiger partial charge in [-0.1, -0.05) is 13.3 Å². The Hall–Kier alpha value is -1.53. The fraction of sp³-hybridized carbons (Fsp3) is 0.800. The molecule has 0 aliphatic carbocycles. The minimum Gasteiger partial charge on any atom is -0.390 e. The fourth-order valence-electron chi connectivity index (χ4n) is 0.783. The van der Waals surface area contributed by atoms with Crippen molar-refractivity contribution < 1.29 is 4.92 Å². The topological polar surface area (TPSA) is 86.7 Å². The number of nitrogens with zero attached hydrogens (tertiary/aromatic N) is 5. The van der Waals surface area contributed by atoms with E-state index in [1.165, 1.54) is 4.68 Å². The molecule has 7 nitrogen and oxygen atoms in total. The summed E-state index contributed by atoms with van der Waals surface area (Å²) in [6, 6.07) is 0. The van der Waals surface area contributed by atoms with E-state index in [1.807, 2.05) is 6.92 Å². The predicted octanol–water partition coefficient (Wildman–Crippen LogP) is 0.381. The molecule has 0 spiro atoms. The van der Waals surface area contributed by atoms with E-state index < -0.39 is 4.92 Å². The molecule has 0 aromatic carbocycles. The van der Waals surface area contributed by atoms with Crippen molar-refractivity contribution in [1.29, 1.82) is 0 Å². The Kier molecular flexibility index (Phi) is 2.67. The van der Waals surface area contributed by atoms with Crippen LogP contribution in [0.3, 0.4) is 0 Å². The first-order chi connectivity index (χ1) is 5.75. The molecule has 0 saturated carbocycles. The van der Waals surface area contributed by atoms with Crippen molar-refractivity contribution >= 4 is 5.95 Å². The van der Waals surface area contributed by atoms with E-state index in [2.05, 4.69) is 15.5 Å². The molecular weight excluding hydrogens is 162 g/mol. The lowest BCUT2D eigenvalue weighted by atomic mass is 10.3. The average Bonchev–Trinajstić information content (AvgIpc) is 2.48. The van der Waals surface area contributed by atoms with E-state index in [0.717, 1.165) is 12.8 Å². The Morgan fingerprint density at radius 2 is 2.42 bits per heavy atom. The quantitative estimate of drug-likeness (QED) is 0.482. The number of aryl methyl sites for hydroxylation is 1. The lowest BCUT2D eigenvalue weighted by Gasteiger charge is -1.94. The van der Waals surface area contributed by atoms with E-state index in [-0.39, 0.29) is 5.95 Å². The fourth-order valence-corrected chi connectivity index (χ4v) is 0.783. The Bertz CT molecular complexity index is 271. The summed E-state index contributed by atoms with van der Waals surface area (Å²) in [6.07, 6.45) is 1.79. The summed E-state index contributed by atoms with van der Waals surface area (Å²) in [5.41, 5.74) is 0. The molecule has 0 fully saturated rings. The third-order valence-corrected chi connectivity index (χ3v) is 1.40. The monoisotopic (exact) mass is 171 g/mol. The number of rotatable bonds is 4. The number of hydrogen-bond acceptors (Lipinski definition) is 5. The van der Waals surface area contributed by atoms with Crippen LogP contribution in [0, 0.1) is 10.1 Å². The number of hydrogen-bond donors (Lipinski definition) is 0. The minimum absolute atomic E-state index is 0.288. The van der Waals surface area contributed by atoms with E-state index in [0.29, 0.717) is 6.54 Å². The van der Waals surface area contributed by atoms with Crippen molar-refractivity contribution in [2.75, 3.05) is 0 Å². The van der Waals surface area contributed by atoms with Crippen molar-refractivity contribution in [3.8, 4) is 0 Å². The molecule has 0 unspecified atom stereocenters. The molecule has 0 amide bonds. The smallest absolute Gasteiger partial charge is 0.390 e. The maximum atomic E-state index is 10.3. The normalized spacial score (nSPS) is 10.1. The zero-order valence-corrected chi connectivity index (χ0v) is 6.67. The van der Waals surface area contributed by atoms with Crippen LogP contribution in [0.5, 0.6) is 0 Å². The summed E-state index contributed by atoms with van der Waals surface area (Å²) in [5.74, 6) is -0.288. The molecule has 0 radical (unpaired) electrons. The molecule has 0 aliphatic rings. The van der Waals surface area contributed by atoms with Gasteiger partial charge in [-0.25, -0.2) is 0 Å². The van der Waals surface area contributed by atoms with Crippen molar-refractivity contribution in [3.63, 3.8) is 0 Å². The summed E-state index contributed by atoms with van der Waals surface area (Å²) in [6.45, 7) is 2.50. The van der Waals surface area contributed by atoms with Gasteiger partial charge in [0.15, 0.2) is 0 Å². The van der Waals surface area contributed by atoms with Crippen LogP contribution >= 0.6 is 0 Å². The lowest BCUT2D eigenvalue weighted by Crippen LogP contribution is -2.05. The van der Waals surface area contributed by atoms with Gasteiger partial charge in [0.05, 0.1) is 16.9 Å². The summed E-state index contributed by atoms with van der Waals surface area (Å²) in [5, 5.41) is 20.3. The Morgan fingerprint density at radius 3 is 3.00 bits per heavy atom. The highest BCUT2D eigenvalue weighted by Crippen LogP contribution is 2.04. The highest BCUT2D eigenvalue weighted by Gasteiger charge is 2.16. The SMILES string of the molecule is CCCCn1nnnc1[N+](=O)[O-]. The second-order valence-electron chi connectivity index (χ2n) is 2.31. The Balaban J connectivity index is 2.70. The number of unbranched alkanes of at least 4 members (excludes halogenated alkanes) is 1.